The molecule has 1 heterocycles. The Hall–Kier alpha value is -0.830. The lowest BCUT2D eigenvalue weighted by molar-refractivity contribution is 0.880. The molecule has 0 atom stereocenters. The fraction of sp³-hybridized carbons (Fsp3) is 0.333. The average Bonchev–Trinajstić information content (AvgIpc) is 2.33. The van der Waals surface area contributed by atoms with Crippen LogP contribution in [0.5, 0.6) is 0 Å². The van der Waals surface area contributed by atoms with Crippen LogP contribution < -0.4 is 0 Å². The molecule has 0 unspecified atom stereocenters. The largest absolute Gasteiger partial charge is 0.197 e. The van der Waals surface area contributed by atoms with Gasteiger partial charge >= 0.3 is 0 Å². The summed E-state index contributed by atoms with van der Waals surface area (Å²) in [5, 5.41) is 11.3. The number of allylic oxidation sites excluding steroid dienone is 1. The smallest absolute Gasteiger partial charge is 0.109 e. The van der Waals surface area contributed by atoms with Gasteiger partial charge in [0.15, 0.2) is 0 Å². The molecular formula is C6H6ClN3. The van der Waals surface area contributed by atoms with Gasteiger partial charge in [-0.2, -0.15) is 15.4 Å². The van der Waals surface area contributed by atoms with Crippen molar-refractivity contribution in [3.8, 4) is 0 Å². The van der Waals surface area contributed by atoms with Crippen molar-refractivity contribution >= 4 is 17.7 Å². The molecule has 1 aliphatic rings. The molecule has 0 aliphatic heterocycles. The highest BCUT2D eigenvalue weighted by Crippen LogP contribution is 2.22. The lowest BCUT2D eigenvalue weighted by Gasteiger charge is -2.02. The van der Waals surface area contributed by atoms with Crippen molar-refractivity contribution in [3.63, 3.8) is 0 Å². The molecule has 0 saturated heterocycles. The molecule has 2 rings (SSSR count). The molecule has 0 spiro atoms. The van der Waals surface area contributed by atoms with Gasteiger partial charge in [0.25, 0.3) is 0 Å². The summed E-state index contributed by atoms with van der Waals surface area (Å²) in [4.78, 5) is 0. The van der Waals surface area contributed by atoms with Crippen molar-refractivity contribution < 1.29 is 0 Å². The van der Waals surface area contributed by atoms with E-state index in [1.165, 1.54) is 0 Å². The molecular weight excluding hydrogens is 150 g/mol. The van der Waals surface area contributed by atoms with E-state index in [2.05, 4.69) is 15.4 Å². The highest BCUT2D eigenvalue weighted by Gasteiger charge is 2.11. The summed E-state index contributed by atoms with van der Waals surface area (Å²) in [5.41, 5.74) is 1.90. The summed E-state index contributed by atoms with van der Waals surface area (Å²) in [7, 11) is 0. The number of hydrogen-bond donors (Lipinski definition) is 1. The minimum atomic E-state index is 0.862. The Morgan fingerprint density at radius 2 is 2.30 bits per heavy atom. The van der Waals surface area contributed by atoms with E-state index in [1.54, 1.807) is 0 Å². The highest BCUT2D eigenvalue weighted by molar-refractivity contribution is 6.31. The molecule has 4 heteroatoms. The van der Waals surface area contributed by atoms with Gasteiger partial charge in [-0.3, -0.25) is 0 Å². The Morgan fingerprint density at radius 1 is 1.40 bits per heavy atom. The maximum Gasteiger partial charge on any atom is 0.109 e. The predicted octanol–water partition coefficient (Wildman–Crippen LogP) is 1.33. The minimum absolute atomic E-state index is 0.862. The molecule has 1 N–H and O–H groups in total. The molecule has 52 valence electrons. The van der Waals surface area contributed by atoms with Gasteiger partial charge < -0.3 is 0 Å². The van der Waals surface area contributed by atoms with E-state index in [9.17, 15) is 0 Å². The molecule has 0 fully saturated rings. The molecule has 0 aromatic carbocycles. The van der Waals surface area contributed by atoms with Gasteiger partial charge in [-0.25, -0.2) is 0 Å². The number of rotatable bonds is 0. The average molecular weight is 156 g/mol. The van der Waals surface area contributed by atoms with E-state index in [4.69, 9.17) is 11.6 Å². The lowest BCUT2D eigenvalue weighted by Crippen LogP contribution is -1.94. The molecule has 0 bridgehead atoms. The number of fused-ring (bicyclic) bond motifs is 1. The summed E-state index contributed by atoms with van der Waals surface area (Å²) in [6, 6.07) is 0. The maximum absolute atomic E-state index is 5.78. The van der Waals surface area contributed by atoms with Gasteiger partial charge in [0, 0.05) is 5.03 Å². The molecule has 1 aromatic rings. The second-order valence-corrected chi connectivity index (χ2v) is 2.73. The first-order valence-corrected chi connectivity index (χ1v) is 3.50. The first kappa shape index (κ1) is 5.92. The number of nitrogens with zero attached hydrogens (tertiary/aromatic N) is 2. The van der Waals surface area contributed by atoms with Crippen LogP contribution in [0.25, 0.3) is 6.08 Å². The van der Waals surface area contributed by atoms with Crippen LogP contribution >= 0.6 is 11.6 Å². The zero-order chi connectivity index (χ0) is 6.97. The molecule has 0 saturated carbocycles. The van der Waals surface area contributed by atoms with Gasteiger partial charge in [-0.05, 0) is 18.9 Å². The van der Waals surface area contributed by atoms with Crippen molar-refractivity contribution in [2.24, 2.45) is 0 Å². The Bertz CT molecular complexity index is 276. The molecule has 1 aromatic heterocycles. The Labute approximate surface area is 63.1 Å². The molecule has 1 aliphatic carbocycles. The Balaban J connectivity index is 2.50. The zero-order valence-corrected chi connectivity index (χ0v) is 6.02. The maximum atomic E-state index is 5.78. The van der Waals surface area contributed by atoms with Gasteiger partial charge in [0.05, 0.1) is 5.69 Å². The van der Waals surface area contributed by atoms with Crippen LogP contribution in [-0.4, -0.2) is 15.4 Å². The third-order valence-corrected chi connectivity index (χ3v) is 1.84. The van der Waals surface area contributed by atoms with Crippen LogP contribution in [0.4, 0.5) is 0 Å². The number of nitrogens with one attached hydrogen (secondary N) is 1. The zero-order valence-electron chi connectivity index (χ0n) is 5.26. The van der Waals surface area contributed by atoms with Crippen LogP contribution in [0.2, 0.25) is 0 Å². The highest BCUT2D eigenvalue weighted by atomic mass is 35.5. The van der Waals surface area contributed by atoms with E-state index >= 15 is 0 Å². The van der Waals surface area contributed by atoms with Crippen LogP contribution in [0, 0.1) is 0 Å². The first-order chi connectivity index (χ1) is 4.86. The normalized spacial score (nSPS) is 16.3. The van der Waals surface area contributed by atoms with Gasteiger partial charge in [-0.1, -0.05) is 11.6 Å². The predicted molar refractivity (Wildman–Crippen MR) is 38.5 cm³/mol. The van der Waals surface area contributed by atoms with E-state index in [-0.39, 0.29) is 0 Å². The number of hydrogen-bond acceptors (Lipinski definition) is 2. The molecule has 0 radical (unpaired) electrons. The number of aromatic amines is 1. The summed E-state index contributed by atoms with van der Waals surface area (Å²) in [6.07, 6.45) is 3.64. The van der Waals surface area contributed by atoms with Crippen molar-refractivity contribution in [1.29, 1.82) is 0 Å². The summed E-state index contributed by atoms with van der Waals surface area (Å²) < 4.78 is 0. The summed E-state index contributed by atoms with van der Waals surface area (Å²) in [5.74, 6) is 0. The van der Waals surface area contributed by atoms with E-state index < -0.39 is 0 Å². The fourth-order valence-electron chi connectivity index (χ4n) is 1.02. The van der Waals surface area contributed by atoms with Crippen LogP contribution in [0.15, 0.2) is 5.03 Å². The molecule has 0 amide bonds. The quantitative estimate of drug-likeness (QED) is 0.614. The second kappa shape index (κ2) is 2.09. The van der Waals surface area contributed by atoms with Crippen molar-refractivity contribution in [2.75, 3.05) is 0 Å². The Morgan fingerprint density at radius 3 is 3.20 bits per heavy atom. The molecule has 3 nitrogen and oxygen atoms in total. The minimum Gasteiger partial charge on any atom is -0.197 e. The Kier molecular flexibility index (Phi) is 1.24. The van der Waals surface area contributed by atoms with Crippen molar-refractivity contribution in [3.05, 3.63) is 16.4 Å². The van der Waals surface area contributed by atoms with Gasteiger partial charge in [0.2, 0.25) is 0 Å². The molecule has 10 heavy (non-hydrogen) atoms. The van der Waals surface area contributed by atoms with Crippen LogP contribution in [0.3, 0.4) is 0 Å². The van der Waals surface area contributed by atoms with Gasteiger partial charge in [0.1, 0.15) is 5.69 Å². The third-order valence-electron chi connectivity index (χ3n) is 1.55. The van der Waals surface area contributed by atoms with Crippen molar-refractivity contribution in [1.82, 2.24) is 15.4 Å². The third kappa shape index (κ3) is 0.827. The number of aryl methyl sites for hydroxylation is 1. The fourth-order valence-corrected chi connectivity index (χ4v) is 1.22. The second-order valence-electron chi connectivity index (χ2n) is 2.25. The van der Waals surface area contributed by atoms with Crippen LogP contribution in [-0.2, 0) is 6.42 Å². The monoisotopic (exact) mass is 155 g/mol. The first-order valence-electron chi connectivity index (χ1n) is 3.12. The van der Waals surface area contributed by atoms with Crippen LogP contribution in [0.1, 0.15) is 17.8 Å². The standard InChI is InChI=1S/C6H6ClN3/c7-4-1-2-5-6(3-4)9-10-8-5/h3H,1-2H2,(H,8,9,10). The van der Waals surface area contributed by atoms with Gasteiger partial charge in [-0.15, -0.1) is 0 Å². The summed E-state index contributed by atoms with van der Waals surface area (Å²) in [6.45, 7) is 0. The number of aromatic nitrogens is 3. The number of H-pyrrole nitrogens is 1. The van der Waals surface area contributed by atoms with Crippen molar-refractivity contribution in [2.45, 2.75) is 12.8 Å². The number of halogens is 1. The van der Waals surface area contributed by atoms with E-state index in [1.807, 2.05) is 6.08 Å². The van der Waals surface area contributed by atoms with E-state index in [0.717, 1.165) is 29.3 Å². The summed E-state index contributed by atoms with van der Waals surface area (Å²) >= 11 is 5.78. The SMILES string of the molecule is ClC1=Cc2n[nH]nc2CC1. The topological polar surface area (TPSA) is 41.6 Å². The lowest BCUT2D eigenvalue weighted by atomic mass is 10.1. The van der Waals surface area contributed by atoms with E-state index in [0.29, 0.717) is 0 Å².